The summed E-state index contributed by atoms with van der Waals surface area (Å²) in [4.78, 5) is 19.4. The molecule has 3 heteroatoms. The van der Waals surface area contributed by atoms with Crippen molar-refractivity contribution in [3.05, 3.63) is 65.7 Å². The van der Waals surface area contributed by atoms with Crippen LogP contribution in [0.3, 0.4) is 0 Å². The molecule has 88 valence electrons. The zero-order valence-corrected chi connectivity index (χ0v) is 9.97. The minimum atomic E-state index is -0.0209. The normalized spacial score (nSPS) is 10.7. The Morgan fingerprint density at radius 1 is 1.11 bits per heavy atom. The van der Waals surface area contributed by atoms with E-state index in [0.717, 1.165) is 16.6 Å². The molecule has 0 saturated heterocycles. The summed E-state index contributed by atoms with van der Waals surface area (Å²) in [6.45, 7) is 1.83. The van der Waals surface area contributed by atoms with Crippen molar-refractivity contribution in [1.82, 2.24) is 9.97 Å². The summed E-state index contributed by atoms with van der Waals surface area (Å²) in [5.74, 6) is 0.728. The number of carbonyl (C=O) groups is 1. The van der Waals surface area contributed by atoms with Gasteiger partial charge in [0.25, 0.3) is 0 Å². The second kappa shape index (κ2) is 4.11. The van der Waals surface area contributed by atoms with Gasteiger partial charge in [0.05, 0.1) is 6.20 Å². The number of rotatable bonds is 2. The first-order valence-electron chi connectivity index (χ1n) is 5.80. The maximum absolute atomic E-state index is 12.4. The molecule has 3 nitrogen and oxygen atoms in total. The van der Waals surface area contributed by atoms with E-state index in [0.29, 0.717) is 11.3 Å². The van der Waals surface area contributed by atoms with Crippen molar-refractivity contribution in [3.63, 3.8) is 0 Å². The summed E-state index contributed by atoms with van der Waals surface area (Å²) < 4.78 is 0. The second-order valence-corrected chi connectivity index (χ2v) is 4.24. The van der Waals surface area contributed by atoms with Gasteiger partial charge in [0.15, 0.2) is 0 Å². The summed E-state index contributed by atoms with van der Waals surface area (Å²) >= 11 is 0. The molecule has 0 bridgehead atoms. The lowest BCUT2D eigenvalue weighted by Crippen LogP contribution is -2.02. The van der Waals surface area contributed by atoms with Crippen LogP contribution in [0, 0.1) is 6.92 Å². The lowest BCUT2D eigenvalue weighted by Gasteiger charge is -2.04. The molecule has 1 N–H and O–H groups in total. The molecular formula is C15H12N2O. The number of benzene rings is 2. The third-order valence-electron chi connectivity index (χ3n) is 2.98. The van der Waals surface area contributed by atoms with E-state index in [1.54, 1.807) is 6.20 Å². The van der Waals surface area contributed by atoms with Crippen LogP contribution in [0.25, 0.3) is 10.8 Å². The van der Waals surface area contributed by atoms with E-state index in [9.17, 15) is 4.79 Å². The van der Waals surface area contributed by atoms with Gasteiger partial charge in [0.2, 0.25) is 5.78 Å². The van der Waals surface area contributed by atoms with Crippen molar-refractivity contribution in [2.75, 3.05) is 0 Å². The highest BCUT2D eigenvalue weighted by molar-refractivity contribution is 6.15. The van der Waals surface area contributed by atoms with Crippen LogP contribution in [-0.4, -0.2) is 15.8 Å². The maximum atomic E-state index is 12.4. The SMILES string of the molecule is Cc1ncc(C(=O)c2cccc3ccccc23)[nH]1. The molecule has 0 atom stereocenters. The van der Waals surface area contributed by atoms with Crippen molar-refractivity contribution < 1.29 is 4.79 Å². The van der Waals surface area contributed by atoms with Gasteiger partial charge in [-0.2, -0.15) is 0 Å². The number of aromatic amines is 1. The third-order valence-corrected chi connectivity index (χ3v) is 2.98. The highest BCUT2D eigenvalue weighted by Gasteiger charge is 2.13. The Labute approximate surface area is 104 Å². The number of aryl methyl sites for hydroxylation is 1. The predicted octanol–water partition coefficient (Wildman–Crippen LogP) is 3.10. The third kappa shape index (κ3) is 1.70. The first-order chi connectivity index (χ1) is 8.75. The minimum Gasteiger partial charge on any atom is -0.340 e. The fourth-order valence-corrected chi connectivity index (χ4v) is 2.10. The van der Waals surface area contributed by atoms with E-state index >= 15 is 0 Å². The van der Waals surface area contributed by atoms with Crippen LogP contribution in [0.4, 0.5) is 0 Å². The van der Waals surface area contributed by atoms with E-state index in [2.05, 4.69) is 9.97 Å². The van der Waals surface area contributed by atoms with Gasteiger partial charge < -0.3 is 4.98 Å². The minimum absolute atomic E-state index is 0.0209. The highest BCUT2D eigenvalue weighted by atomic mass is 16.1. The summed E-state index contributed by atoms with van der Waals surface area (Å²) in [6.07, 6.45) is 1.58. The Bertz CT molecular complexity index is 723. The molecule has 1 heterocycles. The van der Waals surface area contributed by atoms with Crippen LogP contribution in [0.1, 0.15) is 21.9 Å². The molecule has 0 aliphatic heterocycles. The molecule has 18 heavy (non-hydrogen) atoms. The van der Waals surface area contributed by atoms with Crippen molar-refractivity contribution >= 4 is 16.6 Å². The number of nitrogens with zero attached hydrogens (tertiary/aromatic N) is 1. The van der Waals surface area contributed by atoms with Gasteiger partial charge in [-0.05, 0) is 17.7 Å². The van der Waals surface area contributed by atoms with E-state index in [1.165, 1.54) is 0 Å². The predicted molar refractivity (Wildman–Crippen MR) is 70.7 cm³/mol. The van der Waals surface area contributed by atoms with Crippen molar-refractivity contribution in [1.29, 1.82) is 0 Å². The summed E-state index contributed by atoms with van der Waals surface area (Å²) in [5.41, 5.74) is 1.24. The molecular weight excluding hydrogens is 224 g/mol. The Morgan fingerprint density at radius 3 is 2.67 bits per heavy atom. The van der Waals surface area contributed by atoms with E-state index in [-0.39, 0.29) is 5.78 Å². The van der Waals surface area contributed by atoms with Gasteiger partial charge in [-0.25, -0.2) is 4.98 Å². The molecule has 0 radical (unpaired) electrons. The van der Waals surface area contributed by atoms with Crippen LogP contribution in [-0.2, 0) is 0 Å². The fourth-order valence-electron chi connectivity index (χ4n) is 2.10. The van der Waals surface area contributed by atoms with Crippen LogP contribution >= 0.6 is 0 Å². The lowest BCUT2D eigenvalue weighted by molar-refractivity contribution is 0.103. The number of hydrogen-bond donors (Lipinski definition) is 1. The lowest BCUT2D eigenvalue weighted by atomic mass is 10.0. The van der Waals surface area contributed by atoms with Gasteiger partial charge in [-0.3, -0.25) is 4.79 Å². The number of H-pyrrole nitrogens is 1. The van der Waals surface area contributed by atoms with Gasteiger partial charge in [-0.15, -0.1) is 0 Å². The zero-order valence-electron chi connectivity index (χ0n) is 9.97. The summed E-state index contributed by atoms with van der Waals surface area (Å²) in [5, 5.41) is 2.04. The number of imidazole rings is 1. The summed E-state index contributed by atoms with van der Waals surface area (Å²) in [7, 11) is 0. The van der Waals surface area contributed by atoms with Crippen molar-refractivity contribution in [2.24, 2.45) is 0 Å². The number of fused-ring (bicyclic) bond motifs is 1. The molecule has 0 unspecified atom stereocenters. The number of hydrogen-bond acceptors (Lipinski definition) is 2. The molecule has 3 aromatic rings. The largest absolute Gasteiger partial charge is 0.340 e. The van der Waals surface area contributed by atoms with Gasteiger partial charge >= 0.3 is 0 Å². The second-order valence-electron chi connectivity index (χ2n) is 4.24. The fraction of sp³-hybridized carbons (Fsp3) is 0.0667. The number of ketones is 1. The molecule has 0 amide bonds. The van der Waals surface area contributed by atoms with Gasteiger partial charge in [0, 0.05) is 5.56 Å². The standard InChI is InChI=1S/C15H12N2O/c1-10-16-9-14(17-10)15(18)13-8-4-6-11-5-2-3-7-12(11)13/h2-9H,1H3,(H,16,17). The highest BCUT2D eigenvalue weighted by Crippen LogP contribution is 2.20. The first kappa shape index (κ1) is 10.7. The van der Waals surface area contributed by atoms with E-state index in [4.69, 9.17) is 0 Å². The molecule has 0 aliphatic carbocycles. The quantitative estimate of drug-likeness (QED) is 0.695. The van der Waals surface area contributed by atoms with Crippen LogP contribution in [0.2, 0.25) is 0 Å². The van der Waals surface area contributed by atoms with Crippen LogP contribution in [0.15, 0.2) is 48.7 Å². The topological polar surface area (TPSA) is 45.8 Å². The Balaban J connectivity index is 2.17. The maximum Gasteiger partial charge on any atom is 0.211 e. The van der Waals surface area contributed by atoms with Gasteiger partial charge in [0.1, 0.15) is 11.5 Å². The van der Waals surface area contributed by atoms with E-state index < -0.39 is 0 Å². The number of nitrogens with one attached hydrogen (secondary N) is 1. The van der Waals surface area contributed by atoms with Crippen LogP contribution < -0.4 is 0 Å². The molecule has 1 aromatic heterocycles. The van der Waals surface area contributed by atoms with E-state index in [1.807, 2.05) is 49.4 Å². The Kier molecular flexibility index (Phi) is 2.45. The average Bonchev–Trinajstić information content (AvgIpc) is 2.84. The molecule has 0 aliphatic rings. The zero-order chi connectivity index (χ0) is 12.5. The molecule has 0 saturated carbocycles. The number of aromatic nitrogens is 2. The Morgan fingerprint density at radius 2 is 1.89 bits per heavy atom. The monoisotopic (exact) mass is 236 g/mol. The summed E-state index contributed by atoms with van der Waals surface area (Å²) in [6, 6.07) is 13.6. The first-order valence-corrected chi connectivity index (χ1v) is 5.80. The molecule has 3 rings (SSSR count). The van der Waals surface area contributed by atoms with Gasteiger partial charge in [-0.1, -0.05) is 42.5 Å². The van der Waals surface area contributed by atoms with Crippen molar-refractivity contribution in [3.8, 4) is 0 Å². The molecule has 2 aromatic carbocycles. The van der Waals surface area contributed by atoms with Crippen LogP contribution in [0.5, 0.6) is 0 Å². The van der Waals surface area contributed by atoms with Crippen molar-refractivity contribution in [2.45, 2.75) is 6.92 Å². The average molecular weight is 236 g/mol. The molecule has 0 spiro atoms. The Hall–Kier alpha value is -2.42. The smallest absolute Gasteiger partial charge is 0.211 e. The number of carbonyl (C=O) groups excluding carboxylic acids is 1. The molecule has 0 fully saturated rings.